The topological polar surface area (TPSA) is 104 Å². The molecule has 0 spiro atoms. The minimum atomic E-state index is -0.0475. The molecule has 2 fully saturated rings. The highest BCUT2D eigenvalue weighted by atomic mass is 14.9. The van der Waals surface area contributed by atoms with Gasteiger partial charge in [0.15, 0.2) is 0 Å². The Labute approximate surface area is 86.4 Å². The minimum absolute atomic E-state index is 0.0475. The van der Waals surface area contributed by atoms with E-state index in [-0.39, 0.29) is 12.3 Å². The van der Waals surface area contributed by atoms with Crippen molar-refractivity contribution in [2.75, 3.05) is 0 Å². The fourth-order valence-electron chi connectivity index (χ4n) is 1.65. The molecule has 2 aliphatic rings. The van der Waals surface area contributed by atoms with Gasteiger partial charge in [-0.25, -0.2) is 0 Å². The van der Waals surface area contributed by atoms with E-state index in [1.807, 2.05) is 0 Å². The molecule has 0 bridgehead atoms. The van der Waals surface area contributed by atoms with E-state index in [4.69, 9.17) is 22.9 Å². The Bertz CT molecular complexity index is 132. The summed E-state index contributed by atoms with van der Waals surface area (Å²) in [5.41, 5.74) is 21.5. The lowest BCUT2D eigenvalue weighted by Crippen LogP contribution is -2.41. The molecule has 0 aromatic heterocycles. The van der Waals surface area contributed by atoms with Crippen molar-refractivity contribution >= 4 is 0 Å². The van der Waals surface area contributed by atoms with Crippen molar-refractivity contribution in [3.05, 3.63) is 0 Å². The van der Waals surface area contributed by atoms with E-state index in [0.717, 1.165) is 0 Å². The molecule has 0 aromatic rings. The maximum absolute atomic E-state index is 5.38. The lowest BCUT2D eigenvalue weighted by atomic mass is 9.83. The fourth-order valence-corrected chi connectivity index (χ4v) is 1.65. The molecule has 0 unspecified atom stereocenters. The van der Waals surface area contributed by atoms with Gasteiger partial charge in [0.05, 0.1) is 12.3 Å². The van der Waals surface area contributed by atoms with E-state index in [1.54, 1.807) is 0 Å². The van der Waals surface area contributed by atoms with Gasteiger partial charge in [-0.05, 0) is 37.5 Å². The highest BCUT2D eigenvalue weighted by molar-refractivity contribution is 4.75. The third-order valence-electron chi connectivity index (χ3n) is 3.39. The average molecular weight is 200 g/mol. The van der Waals surface area contributed by atoms with E-state index in [2.05, 4.69) is 0 Å². The normalized spacial score (nSPS) is 22.7. The van der Waals surface area contributed by atoms with Crippen LogP contribution in [-0.2, 0) is 0 Å². The van der Waals surface area contributed by atoms with E-state index in [0.29, 0.717) is 11.8 Å². The van der Waals surface area contributed by atoms with Gasteiger partial charge in [0.25, 0.3) is 0 Å². The Morgan fingerprint density at radius 2 is 0.929 bits per heavy atom. The first-order valence-electron chi connectivity index (χ1n) is 5.63. The predicted molar refractivity (Wildman–Crippen MR) is 59.0 cm³/mol. The molecule has 2 aliphatic carbocycles. The zero-order valence-electron chi connectivity index (χ0n) is 8.86. The van der Waals surface area contributed by atoms with Crippen molar-refractivity contribution in [1.82, 2.24) is 0 Å². The van der Waals surface area contributed by atoms with Crippen LogP contribution in [0.15, 0.2) is 0 Å². The lowest BCUT2D eigenvalue weighted by Gasteiger charge is -2.28. The molecule has 0 aliphatic heterocycles. The summed E-state index contributed by atoms with van der Waals surface area (Å²) >= 11 is 0. The summed E-state index contributed by atoms with van der Waals surface area (Å²) in [6, 6.07) is 0. The van der Waals surface area contributed by atoms with Gasteiger partial charge in [0.1, 0.15) is 0 Å². The van der Waals surface area contributed by atoms with E-state index in [1.165, 1.54) is 38.5 Å². The van der Waals surface area contributed by atoms with Crippen LogP contribution in [0.25, 0.3) is 0 Å². The maximum atomic E-state index is 5.38. The van der Waals surface area contributed by atoms with Crippen LogP contribution >= 0.6 is 0 Å². The van der Waals surface area contributed by atoms with Crippen LogP contribution in [-0.4, -0.2) is 12.3 Å². The van der Waals surface area contributed by atoms with Gasteiger partial charge in [-0.1, -0.05) is 12.8 Å². The summed E-state index contributed by atoms with van der Waals surface area (Å²) in [6.07, 6.45) is 7.55. The van der Waals surface area contributed by atoms with Crippen LogP contribution in [0, 0.1) is 11.8 Å². The van der Waals surface area contributed by atoms with E-state index < -0.39 is 0 Å². The summed E-state index contributed by atoms with van der Waals surface area (Å²) in [5.74, 6) is 1.28. The van der Waals surface area contributed by atoms with Crippen LogP contribution < -0.4 is 22.9 Å². The Morgan fingerprint density at radius 1 is 0.643 bits per heavy atom. The molecule has 0 heterocycles. The van der Waals surface area contributed by atoms with Gasteiger partial charge >= 0.3 is 0 Å². The molecule has 0 aromatic carbocycles. The zero-order chi connectivity index (χ0) is 10.6. The third-order valence-corrected chi connectivity index (χ3v) is 3.39. The van der Waals surface area contributed by atoms with Crippen molar-refractivity contribution in [1.29, 1.82) is 0 Å². The molecule has 2 rings (SSSR count). The number of rotatable bonds is 2. The van der Waals surface area contributed by atoms with Crippen LogP contribution in [0.3, 0.4) is 0 Å². The zero-order valence-corrected chi connectivity index (χ0v) is 8.86. The quantitative estimate of drug-likeness (QED) is 0.473. The highest BCUT2D eigenvalue weighted by Gasteiger charge is 2.21. The second-order valence-corrected chi connectivity index (χ2v) is 4.54. The highest BCUT2D eigenvalue weighted by Crippen LogP contribution is 2.26. The summed E-state index contributed by atoms with van der Waals surface area (Å²) in [6.45, 7) is 0. The predicted octanol–water partition coefficient (Wildman–Crippen LogP) is 0.0600. The van der Waals surface area contributed by atoms with Crippen molar-refractivity contribution in [2.24, 2.45) is 34.8 Å². The van der Waals surface area contributed by atoms with E-state index >= 15 is 0 Å². The van der Waals surface area contributed by atoms with Crippen molar-refractivity contribution < 1.29 is 0 Å². The maximum Gasteiger partial charge on any atom is 0.0549 e. The summed E-state index contributed by atoms with van der Waals surface area (Å²) in [5, 5.41) is 0. The van der Waals surface area contributed by atoms with Crippen molar-refractivity contribution in [2.45, 2.75) is 50.9 Å². The molecule has 4 nitrogen and oxygen atoms in total. The van der Waals surface area contributed by atoms with Gasteiger partial charge < -0.3 is 22.9 Å². The van der Waals surface area contributed by atoms with Gasteiger partial charge in [0.2, 0.25) is 0 Å². The second kappa shape index (κ2) is 5.66. The monoisotopic (exact) mass is 200 g/mol. The first kappa shape index (κ1) is 11.9. The van der Waals surface area contributed by atoms with Crippen LogP contribution in [0.1, 0.15) is 38.5 Å². The molecular formula is C10H24N4. The summed E-state index contributed by atoms with van der Waals surface area (Å²) in [4.78, 5) is 0. The molecule has 0 amide bonds. The molecule has 0 saturated heterocycles. The molecule has 14 heavy (non-hydrogen) atoms. The summed E-state index contributed by atoms with van der Waals surface area (Å²) in [7, 11) is 0. The lowest BCUT2D eigenvalue weighted by molar-refractivity contribution is 0.265. The molecule has 0 atom stereocenters. The molecule has 84 valence electrons. The Kier molecular flexibility index (Phi) is 4.81. The molecule has 4 heteroatoms. The molecule has 2 saturated carbocycles. The first-order chi connectivity index (χ1) is 6.61. The average Bonchev–Trinajstić information content (AvgIpc) is 1.74. The van der Waals surface area contributed by atoms with Crippen LogP contribution in [0.4, 0.5) is 0 Å². The van der Waals surface area contributed by atoms with Gasteiger partial charge in [0, 0.05) is 0 Å². The van der Waals surface area contributed by atoms with E-state index in [9.17, 15) is 0 Å². The SMILES string of the molecule is NC(N)C1CCC1.NC(N)C1CCC1. The van der Waals surface area contributed by atoms with Gasteiger partial charge in [-0.3, -0.25) is 0 Å². The largest absolute Gasteiger partial charge is 0.316 e. The molecular weight excluding hydrogens is 176 g/mol. The van der Waals surface area contributed by atoms with Gasteiger partial charge in [-0.15, -0.1) is 0 Å². The van der Waals surface area contributed by atoms with Crippen LogP contribution in [0.5, 0.6) is 0 Å². The number of nitrogens with two attached hydrogens (primary N) is 4. The van der Waals surface area contributed by atoms with Crippen molar-refractivity contribution in [3.63, 3.8) is 0 Å². The minimum Gasteiger partial charge on any atom is -0.316 e. The third kappa shape index (κ3) is 3.53. The number of hydrogen-bond donors (Lipinski definition) is 4. The Morgan fingerprint density at radius 3 is 0.929 bits per heavy atom. The van der Waals surface area contributed by atoms with Crippen molar-refractivity contribution in [3.8, 4) is 0 Å². The summed E-state index contributed by atoms with van der Waals surface area (Å²) < 4.78 is 0. The Balaban J connectivity index is 0.000000140. The molecule has 0 radical (unpaired) electrons. The standard InChI is InChI=1S/2C5H12N2/c2*6-5(7)4-2-1-3-4/h2*4-5H,1-3,6-7H2. The second-order valence-electron chi connectivity index (χ2n) is 4.54. The Hall–Kier alpha value is -0.160. The first-order valence-corrected chi connectivity index (χ1v) is 5.63. The smallest absolute Gasteiger partial charge is 0.0549 e. The number of hydrogen-bond acceptors (Lipinski definition) is 4. The molecule has 8 N–H and O–H groups in total. The van der Waals surface area contributed by atoms with Crippen LogP contribution in [0.2, 0.25) is 0 Å². The fraction of sp³-hybridized carbons (Fsp3) is 1.00. The van der Waals surface area contributed by atoms with Gasteiger partial charge in [-0.2, -0.15) is 0 Å².